The Kier molecular flexibility index (Phi) is 3.11. The van der Waals surface area contributed by atoms with Crippen LogP contribution in [-0.4, -0.2) is 21.9 Å². The Labute approximate surface area is 76.2 Å². The molecule has 5 N–H and O–H groups in total. The molecule has 0 spiro atoms. The van der Waals surface area contributed by atoms with Crippen LogP contribution in [-0.2, 0) is 0 Å². The number of aliphatic hydroxyl groups is 1. The molecule has 1 rings (SSSR count). The third-order valence-electron chi connectivity index (χ3n) is 1.89. The highest BCUT2D eigenvalue weighted by Crippen LogP contribution is 2.32. The van der Waals surface area contributed by atoms with Gasteiger partial charge in [0.1, 0.15) is 0 Å². The van der Waals surface area contributed by atoms with E-state index in [1.807, 2.05) is 0 Å². The van der Waals surface area contributed by atoms with Crippen molar-refractivity contribution in [2.45, 2.75) is 12.5 Å². The zero-order chi connectivity index (χ0) is 9.84. The number of hydrogen-bond acceptors (Lipinski definition) is 4. The van der Waals surface area contributed by atoms with Crippen molar-refractivity contribution in [2.24, 2.45) is 5.73 Å². The molecule has 72 valence electrons. The van der Waals surface area contributed by atoms with Crippen molar-refractivity contribution in [3.63, 3.8) is 0 Å². The molecular weight excluding hydrogens is 170 g/mol. The van der Waals surface area contributed by atoms with Gasteiger partial charge in [-0.1, -0.05) is 12.1 Å². The molecule has 1 aromatic rings. The fraction of sp³-hybridized carbons (Fsp3) is 0.333. The molecule has 1 aromatic carbocycles. The second kappa shape index (κ2) is 4.11. The number of aliphatic hydroxyl groups excluding tert-OH is 1. The van der Waals surface area contributed by atoms with Gasteiger partial charge >= 0.3 is 0 Å². The molecule has 0 saturated heterocycles. The van der Waals surface area contributed by atoms with Crippen LogP contribution in [0.2, 0.25) is 0 Å². The van der Waals surface area contributed by atoms with Crippen LogP contribution < -0.4 is 5.73 Å². The van der Waals surface area contributed by atoms with Gasteiger partial charge in [-0.2, -0.15) is 0 Å². The van der Waals surface area contributed by atoms with Crippen LogP contribution in [0.4, 0.5) is 0 Å². The van der Waals surface area contributed by atoms with E-state index in [1.54, 1.807) is 12.1 Å². The summed E-state index contributed by atoms with van der Waals surface area (Å²) < 4.78 is 0. The van der Waals surface area contributed by atoms with Crippen molar-refractivity contribution in [1.82, 2.24) is 0 Å². The van der Waals surface area contributed by atoms with Crippen LogP contribution in [0.3, 0.4) is 0 Å². The Morgan fingerprint density at radius 2 is 2.00 bits per heavy atom. The maximum absolute atomic E-state index is 9.38. The number of hydrogen-bond donors (Lipinski definition) is 4. The lowest BCUT2D eigenvalue weighted by molar-refractivity contribution is 0.275. The molecular formula is C9H13NO3. The quantitative estimate of drug-likeness (QED) is 0.513. The van der Waals surface area contributed by atoms with E-state index in [-0.39, 0.29) is 18.1 Å². The van der Waals surface area contributed by atoms with E-state index in [0.717, 1.165) is 0 Å². The van der Waals surface area contributed by atoms with Gasteiger partial charge in [-0.05, 0) is 12.5 Å². The van der Waals surface area contributed by atoms with Crippen molar-refractivity contribution in [1.29, 1.82) is 0 Å². The van der Waals surface area contributed by atoms with E-state index in [1.165, 1.54) is 6.07 Å². The number of nitrogens with two attached hydrogens (primary N) is 1. The number of para-hydroxylation sites is 1. The molecule has 0 heterocycles. The number of phenols is 2. The maximum atomic E-state index is 9.38. The molecule has 0 unspecified atom stereocenters. The van der Waals surface area contributed by atoms with E-state index < -0.39 is 6.04 Å². The summed E-state index contributed by atoms with van der Waals surface area (Å²) in [6.07, 6.45) is 0.358. The van der Waals surface area contributed by atoms with Crippen molar-refractivity contribution < 1.29 is 15.3 Å². The van der Waals surface area contributed by atoms with Gasteiger partial charge in [0.2, 0.25) is 0 Å². The lowest BCUT2D eigenvalue weighted by atomic mass is 10.0. The van der Waals surface area contributed by atoms with E-state index >= 15 is 0 Å². The van der Waals surface area contributed by atoms with E-state index in [0.29, 0.717) is 12.0 Å². The van der Waals surface area contributed by atoms with Gasteiger partial charge in [0, 0.05) is 18.2 Å². The predicted octanol–water partition coefficient (Wildman–Crippen LogP) is 0.480. The van der Waals surface area contributed by atoms with E-state index in [4.69, 9.17) is 15.9 Å². The first-order valence-corrected chi connectivity index (χ1v) is 4.04. The lowest BCUT2D eigenvalue weighted by Gasteiger charge is -2.12. The zero-order valence-electron chi connectivity index (χ0n) is 7.14. The fourth-order valence-electron chi connectivity index (χ4n) is 1.14. The number of benzene rings is 1. The van der Waals surface area contributed by atoms with Gasteiger partial charge in [0.05, 0.1) is 0 Å². The average Bonchev–Trinajstić information content (AvgIpc) is 2.10. The minimum absolute atomic E-state index is 0.0454. The van der Waals surface area contributed by atoms with E-state index in [9.17, 15) is 5.11 Å². The Hall–Kier alpha value is -1.26. The zero-order valence-corrected chi connectivity index (χ0v) is 7.14. The smallest absolute Gasteiger partial charge is 0.162 e. The van der Waals surface area contributed by atoms with Gasteiger partial charge in [0.15, 0.2) is 11.5 Å². The van der Waals surface area contributed by atoms with Crippen molar-refractivity contribution in [3.8, 4) is 11.5 Å². The summed E-state index contributed by atoms with van der Waals surface area (Å²) in [6, 6.07) is 4.15. The first-order chi connectivity index (χ1) is 6.16. The van der Waals surface area contributed by atoms with Crippen LogP contribution in [0.15, 0.2) is 18.2 Å². The molecule has 0 aliphatic rings. The molecule has 4 heteroatoms. The highest BCUT2D eigenvalue weighted by Gasteiger charge is 2.12. The standard InChI is InChI=1S/C9H13NO3/c10-7(4-5-11)6-2-1-3-8(12)9(6)13/h1-3,7,11-13H,4-5,10H2/t7-/m0/s1. The average molecular weight is 183 g/mol. The summed E-state index contributed by atoms with van der Waals surface area (Å²) in [5.41, 5.74) is 6.10. The first kappa shape index (κ1) is 9.83. The summed E-state index contributed by atoms with van der Waals surface area (Å²) in [4.78, 5) is 0. The topological polar surface area (TPSA) is 86.7 Å². The number of phenolic OH excluding ortho intramolecular Hbond substituents is 2. The third-order valence-corrected chi connectivity index (χ3v) is 1.89. The van der Waals surface area contributed by atoms with Crippen molar-refractivity contribution in [3.05, 3.63) is 23.8 Å². The number of rotatable bonds is 3. The molecule has 0 radical (unpaired) electrons. The Morgan fingerprint density at radius 1 is 1.31 bits per heavy atom. The first-order valence-electron chi connectivity index (χ1n) is 4.04. The summed E-state index contributed by atoms with van der Waals surface area (Å²) in [5.74, 6) is -0.394. The Bertz CT molecular complexity index is 288. The van der Waals surface area contributed by atoms with Crippen molar-refractivity contribution in [2.75, 3.05) is 6.61 Å². The Balaban J connectivity index is 2.93. The van der Waals surface area contributed by atoms with Crippen LogP contribution in [0.5, 0.6) is 11.5 Å². The second-order valence-electron chi connectivity index (χ2n) is 2.83. The molecule has 13 heavy (non-hydrogen) atoms. The summed E-state index contributed by atoms with van der Waals surface area (Å²) in [7, 11) is 0. The van der Waals surface area contributed by atoms with Crippen LogP contribution in [0.25, 0.3) is 0 Å². The lowest BCUT2D eigenvalue weighted by Crippen LogP contribution is -2.11. The highest BCUT2D eigenvalue weighted by molar-refractivity contribution is 5.45. The normalized spacial score (nSPS) is 12.8. The predicted molar refractivity (Wildman–Crippen MR) is 48.4 cm³/mol. The van der Waals surface area contributed by atoms with Gasteiger partial charge in [0.25, 0.3) is 0 Å². The fourth-order valence-corrected chi connectivity index (χ4v) is 1.14. The molecule has 0 amide bonds. The number of aromatic hydroxyl groups is 2. The van der Waals surface area contributed by atoms with Gasteiger partial charge in [-0.15, -0.1) is 0 Å². The summed E-state index contributed by atoms with van der Waals surface area (Å²) in [6.45, 7) is -0.0454. The molecule has 0 fully saturated rings. The summed E-state index contributed by atoms with van der Waals surface area (Å²) >= 11 is 0. The minimum atomic E-state index is -0.447. The minimum Gasteiger partial charge on any atom is -0.504 e. The molecule has 0 aliphatic carbocycles. The van der Waals surface area contributed by atoms with Crippen LogP contribution >= 0.6 is 0 Å². The van der Waals surface area contributed by atoms with Gasteiger partial charge in [-0.3, -0.25) is 0 Å². The van der Waals surface area contributed by atoms with E-state index in [2.05, 4.69) is 0 Å². The van der Waals surface area contributed by atoms with Gasteiger partial charge < -0.3 is 21.1 Å². The molecule has 4 nitrogen and oxygen atoms in total. The molecule has 0 aromatic heterocycles. The van der Waals surface area contributed by atoms with Crippen LogP contribution in [0.1, 0.15) is 18.0 Å². The molecule has 0 aliphatic heterocycles. The SMILES string of the molecule is N[C@@H](CCO)c1cccc(O)c1O. The highest BCUT2D eigenvalue weighted by atomic mass is 16.3. The third kappa shape index (κ3) is 2.11. The Morgan fingerprint density at radius 3 is 2.62 bits per heavy atom. The molecule has 0 bridgehead atoms. The maximum Gasteiger partial charge on any atom is 0.162 e. The summed E-state index contributed by atoms with van der Waals surface area (Å²) in [5, 5.41) is 27.2. The molecule has 1 atom stereocenters. The van der Waals surface area contributed by atoms with Crippen LogP contribution in [0, 0.1) is 0 Å². The van der Waals surface area contributed by atoms with Crippen molar-refractivity contribution >= 4 is 0 Å². The monoisotopic (exact) mass is 183 g/mol. The molecule has 0 saturated carbocycles. The van der Waals surface area contributed by atoms with Gasteiger partial charge in [-0.25, -0.2) is 0 Å². The second-order valence-corrected chi connectivity index (χ2v) is 2.83. The largest absolute Gasteiger partial charge is 0.504 e.